The number of para-hydroxylation sites is 1. The molecule has 1 aliphatic heterocycles. The zero-order valence-electron chi connectivity index (χ0n) is 11.2. The van der Waals surface area contributed by atoms with Crippen LogP contribution in [0.5, 0.6) is 5.75 Å². The number of fused-ring (bicyclic) bond motifs is 2. The van der Waals surface area contributed by atoms with Crippen molar-refractivity contribution in [3.05, 3.63) is 57.8 Å². The van der Waals surface area contributed by atoms with Crippen molar-refractivity contribution < 1.29 is 4.74 Å². The zero-order chi connectivity index (χ0) is 14.4. The van der Waals surface area contributed by atoms with Crippen LogP contribution in [0.4, 0.5) is 0 Å². The molecule has 0 saturated carbocycles. The van der Waals surface area contributed by atoms with Crippen LogP contribution >= 0.6 is 23.8 Å². The molecule has 2 aromatic carbocycles. The molecule has 1 N–H and O–H groups in total. The van der Waals surface area contributed by atoms with Gasteiger partial charge in [0.15, 0.2) is 4.77 Å². The molecule has 0 aliphatic carbocycles. The van der Waals surface area contributed by atoms with Gasteiger partial charge in [0.2, 0.25) is 0 Å². The fourth-order valence-electron chi connectivity index (χ4n) is 3.00. The van der Waals surface area contributed by atoms with E-state index in [1.54, 1.807) is 0 Å². The standard InChI is InChI=1S/C16H13ClN2OS/c17-10-5-6-12-14(9-10)19(16(21)18-12)13-7-8-20-15-4-2-1-3-11(13)15/h1-6,9,13H,7-8H2,(H,18,21). The van der Waals surface area contributed by atoms with Crippen LogP contribution in [-0.2, 0) is 0 Å². The third-order valence-corrected chi connectivity index (χ3v) is 4.45. The van der Waals surface area contributed by atoms with Gasteiger partial charge in [-0.15, -0.1) is 0 Å². The van der Waals surface area contributed by atoms with Crippen LogP contribution in [0, 0.1) is 4.77 Å². The van der Waals surface area contributed by atoms with Crippen LogP contribution in [0.2, 0.25) is 5.02 Å². The Morgan fingerprint density at radius 2 is 2.10 bits per heavy atom. The number of hydrogen-bond acceptors (Lipinski definition) is 2. The summed E-state index contributed by atoms with van der Waals surface area (Å²) < 4.78 is 8.61. The van der Waals surface area contributed by atoms with E-state index in [1.807, 2.05) is 36.4 Å². The van der Waals surface area contributed by atoms with E-state index in [1.165, 1.54) is 5.56 Å². The minimum Gasteiger partial charge on any atom is -0.493 e. The summed E-state index contributed by atoms with van der Waals surface area (Å²) in [7, 11) is 0. The van der Waals surface area contributed by atoms with E-state index < -0.39 is 0 Å². The second kappa shape index (κ2) is 4.90. The van der Waals surface area contributed by atoms with Gasteiger partial charge in [-0.05, 0) is 36.5 Å². The van der Waals surface area contributed by atoms with Gasteiger partial charge in [-0.25, -0.2) is 0 Å². The molecule has 4 rings (SSSR count). The molecule has 1 aliphatic rings. The van der Waals surface area contributed by atoms with Crippen LogP contribution in [0.25, 0.3) is 11.0 Å². The number of benzene rings is 2. The predicted molar refractivity (Wildman–Crippen MR) is 86.8 cm³/mol. The normalized spacial score (nSPS) is 17.5. The quantitative estimate of drug-likeness (QED) is 0.658. The number of aromatic amines is 1. The van der Waals surface area contributed by atoms with Gasteiger partial charge in [-0.3, -0.25) is 0 Å². The van der Waals surface area contributed by atoms with Gasteiger partial charge in [0.05, 0.1) is 23.7 Å². The largest absolute Gasteiger partial charge is 0.493 e. The van der Waals surface area contributed by atoms with Crippen molar-refractivity contribution in [2.45, 2.75) is 12.5 Å². The first-order valence-electron chi connectivity index (χ1n) is 6.85. The third kappa shape index (κ3) is 2.06. The second-order valence-electron chi connectivity index (χ2n) is 5.15. The van der Waals surface area contributed by atoms with E-state index in [2.05, 4.69) is 15.6 Å². The van der Waals surface area contributed by atoms with E-state index >= 15 is 0 Å². The molecule has 2 heterocycles. The number of imidazole rings is 1. The van der Waals surface area contributed by atoms with Crippen molar-refractivity contribution in [3.63, 3.8) is 0 Å². The fourth-order valence-corrected chi connectivity index (χ4v) is 3.50. The average molecular weight is 317 g/mol. The highest BCUT2D eigenvalue weighted by Crippen LogP contribution is 2.36. The molecule has 0 amide bonds. The number of ether oxygens (including phenoxy) is 1. The van der Waals surface area contributed by atoms with E-state index in [0.29, 0.717) is 16.4 Å². The SMILES string of the molecule is S=c1[nH]c2ccc(Cl)cc2n1C1CCOc2ccccc21. The van der Waals surface area contributed by atoms with Crippen molar-refractivity contribution in [1.82, 2.24) is 9.55 Å². The van der Waals surface area contributed by atoms with E-state index in [4.69, 9.17) is 28.6 Å². The van der Waals surface area contributed by atoms with Crippen molar-refractivity contribution in [1.29, 1.82) is 0 Å². The summed E-state index contributed by atoms with van der Waals surface area (Å²) in [5.74, 6) is 0.937. The van der Waals surface area contributed by atoms with Gasteiger partial charge in [0, 0.05) is 17.0 Å². The number of aromatic nitrogens is 2. The molecule has 0 saturated heterocycles. The molecule has 1 unspecified atom stereocenters. The van der Waals surface area contributed by atoms with Crippen molar-refractivity contribution in [3.8, 4) is 5.75 Å². The average Bonchev–Trinajstić information content (AvgIpc) is 2.82. The summed E-state index contributed by atoms with van der Waals surface area (Å²) in [5, 5.41) is 0.714. The molecular weight excluding hydrogens is 304 g/mol. The molecule has 0 spiro atoms. The molecular formula is C16H13ClN2OS. The van der Waals surface area contributed by atoms with Crippen molar-refractivity contribution >= 4 is 34.9 Å². The lowest BCUT2D eigenvalue weighted by Gasteiger charge is -2.27. The highest BCUT2D eigenvalue weighted by molar-refractivity contribution is 7.71. The molecule has 3 aromatic rings. The Bertz CT molecular complexity index is 883. The summed E-state index contributed by atoms with van der Waals surface area (Å²) in [5.41, 5.74) is 3.21. The number of rotatable bonds is 1. The summed E-state index contributed by atoms with van der Waals surface area (Å²) in [6, 6.07) is 14.1. The smallest absolute Gasteiger partial charge is 0.178 e. The summed E-state index contributed by atoms with van der Waals surface area (Å²) in [6.45, 7) is 0.691. The molecule has 21 heavy (non-hydrogen) atoms. The maximum atomic E-state index is 6.15. The number of H-pyrrole nitrogens is 1. The Morgan fingerprint density at radius 3 is 3.00 bits per heavy atom. The fraction of sp³-hybridized carbons (Fsp3) is 0.188. The molecule has 5 heteroatoms. The summed E-state index contributed by atoms with van der Waals surface area (Å²) >= 11 is 11.7. The lowest BCUT2D eigenvalue weighted by Crippen LogP contribution is -2.20. The van der Waals surface area contributed by atoms with Crippen LogP contribution in [0.15, 0.2) is 42.5 Å². The summed E-state index contributed by atoms with van der Waals surface area (Å²) in [4.78, 5) is 3.26. The maximum Gasteiger partial charge on any atom is 0.178 e. The van der Waals surface area contributed by atoms with Crippen LogP contribution < -0.4 is 4.74 Å². The zero-order valence-corrected chi connectivity index (χ0v) is 12.7. The lowest BCUT2D eigenvalue weighted by atomic mass is 10.0. The highest BCUT2D eigenvalue weighted by Gasteiger charge is 2.24. The van der Waals surface area contributed by atoms with Crippen LogP contribution in [0.1, 0.15) is 18.0 Å². The van der Waals surface area contributed by atoms with Crippen molar-refractivity contribution in [2.24, 2.45) is 0 Å². The minimum atomic E-state index is 0.176. The Kier molecular flexibility index (Phi) is 3.01. The van der Waals surface area contributed by atoms with E-state index in [9.17, 15) is 0 Å². The Morgan fingerprint density at radius 1 is 1.24 bits per heavy atom. The molecule has 106 valence electrons. The minimum absolute atomic E-state index is 0.176. The first-order valence-corrected chi connectivity index (χ1v) is 7.64. The molecule has 1 atom stereocenters. The Balaban J connectivity index is 1.98. The van der Waals surface area contributed by atoms with Gasteiger partial charge in [-0.2, -0.15) is 0 Å². The van der Waals surface area contributed by atoms with Crippen LogP contribution in [-0.4, -0.2) is 16.2 Å². The lowest BCUT2D eigenvalue weighted by molar-refractivity contribution is 0.257. The van der Waals surface area contributed by atoms with Crippen LogP contribution in [0.3, 0.4) is 0 Å². The molecule has 0 fully saturated rings. The van der Waals surface area contributed by atoms with Gasteiger partial charge in [0.1, 0.15) is 5.75 Å². The highest BCUT2D eigenvalue weighted by atomic mass is 35.5. The maximum absolute atomic E-state index is 6.15. The van der Waals surface area contributed by atoms with E-state index in [-0.39, 0.29) is 6.04 Å². The molecule has 1 aromatic heterocycles. The van der Waals surface area contributed by atoms with Gasteiger partial charge >= 0.3 is 0 Å². The predicted octanol–water partition coefficient (Wildman–Crippen LogP) is 4.72. The van der Waals surface area contributed by atoms with Gasteiger partial charge in [-0.1, -0.05) is 29.8 Å². The molecule has 3 nitrogen and oxygen atoms in total. The Labute approximate surface area is 132 Å². The van der Waals surface area contributed by atoms with E-state index in [0.717, 1.165) is 23.2 Å². The monoisotopic (exact) mass is 316 g/mol. The number of halogens is 1. The third-order valence-electron chi connectivity index (χ3n) is 3.92. The summed E-state index contributed by atoms with van der Waals surface area (Å²) in [6.07, 6.45) is 0.894. The first-order chi connectivity index (χ1) is 10.2. The first kappa shape index (κ1) is 12.9. The second-order valence-corrected chi connectivity index (χ2v) is 5.98. The topological polar surface area (TPSA) is 29.9 Å². The molecule has 0 radical (unpaired) electrons. The Hall–Kier alpha value is -1.78. The number of nitrogens with one attached hydrogen (secondary N) is 1. The number of hydrogen-bond donors (Lipinski definition) is 1. The molecule has 0 bridgehead atoms. The van der Waals surface area contributed by atoms with Gasteiger partial charge in [0.25, 0.3) is 0 Å². The number of nitrogens with zero attached hydrogens (tertiary/aromatic N) is 1. The van der Waals surface area contributed by atoms with Gasteiger partial charge < -0.3 is 14.3 Å². The van der Waals surface area contributed by atoms with Crippen molar-refractivity contribution in [2.75, 3.05) is 6.61 Å².